The number of rotatable bonds is 6. The summed E-state index contributed by atoms with van der Waals surface area (Å²) in [5.74, 6) is -0.158. The van der Waals surface area contributed by atoms with Crippen LogP contribution in [0.5, 0.6) is 0 Å². The Labute approximate surface area is 162 Å². The molecular weight excluding hydrogens is 350 g/mol. The van der Waals surface area contributed by atoms with Gasteiger partial charge in [-0.2, -0.15) is 0 Å². The van der Waals surface area contributed by atoms with Gasteiger partial charge < -0.3 is 23.8 Å². The van der Waals surface area contributed by atoms with Crippen molar-refractivity contribution >= 4 is 12.1 Å². The van der Waals surface area contributed by atoms with Crippen molar-refractivity contribution in [3.63, 3.8) is 0 Å². The van der Waals surface area contributed by atoms with E-state index in [-0.39, 0.29) is 36.2 Å². The van der Waals surface area contributed by atoms with Crippen LogP contribution in [0, 0.1) is 5.92 Å². The maximum absolute atomic E-state index is 12.6. The Morgan fingerprint density at radius 1 is 1.07 bits per heavy atom. The van der Waals surface area contributed by atoms with Crippen molar-refractivity contribution < 1.29 is 28.5 Å². The number of carbonyl (C=O) groups is 2. The van der Waals surface area contributed by atoms with Crippen LogP contribution >= 0.6 is 0 Å². The Balaban J connectivity index is 1.95. The van der Waals surface area contributed by atoms with Gasteiger partial charge in [0.15, 0.2) is 0 Å². The monoisotopic (exact) mass is 385 g/mol. The number of nitrogens with zero attached hydrogens (tertiary/aromatic N) is 1. The maximum atomic E-state index is 12.6. The fourth-order valence-corrected chi connectivity index (χ4v) is 3.98. The Morgan fingerprint density at radius 2 is 1.74 bits per heavy atom. The third-order valence-electron chi connectivity index (χ3n) is 5.26. The second-order valence-electron chi connectivity index (χ2n) is 8.51. The normalized spacial score (nSPS) is 27.3. The van der Waals surface area contributed by atoms with Crippen molar-refractivity contribution in [2.24, 2.45) is 5.92 Å². The van der Waals surface area contributed by atoms with Crippen LogP contribution in [0.15, 0.2) is 0 Å². The SMILES string of the molecule is COCC(O[C@H]1CC[C@@H](C(=O)OC)CC1)[C@@H]1CCCN1C(=O)OC(C)(C)C. The molecule has 2 rings (SSSR count). The van der Waals surface area contributed by atoms with Gasteiger partial charge in [-0.25, -0.2) is 4.79 Å². The number of esters is 1. The highest BCUT2D eigenvalue weighted by Gasteiger charge is 2.39. The van der Waals surface area contributed by atoms with Crippen LogP contribution in [-0.4, -0.2) is 68.2 Å². The van der Waals surface area contributed by atoms with E-state index in [9.17, 15) is 9.59 Å². The van der Waals surface area contributed by atoms with Crippen molar-refractivity contribution in [2.75, 3.05) is 27.4 Å². The predicted molar refractivity (Wildman–Crippen MR) is 100 cm³/mol. The van der Waals surface area contributed by atoms with Crippen LogP contribution in [0.25, 0.3) is 0 Å². The first-order chi connectivity index (χ1) is 12.7. The minimum absolute atomic E-state index is 0.0273. The molecule has 2 fully saturated rings. The van der Waals surface area contributed by atoms with E-state index >= 15 is 0 Å². The number of ether oxygens (including phenoxy) is 4. The van der Waals surface area contributed by atoms with E-state index < -0.39 is 5.60 Å². The van der Waals surface area contributed by atoms with Gasteiger partial charge in [0.05, 0.1) is 31.8 Å². The molecule has 1 heterocycles. The highest BCUT2D eigenvalue weighted by molar-refractivity contribution is 5.72. The van der Waals surface area contributed by atoms with Crippen LogP contribution in [0.3, 0.4) is 0 Å². The molecule has 7 heteroatoms. The summed E-state index contributed by atoms with van der Waals surface area (Å²) in [4.78, 5) is 26.1. The van der Waals surface area contributed by atoms with Crippen LogP contribution in [0.4, 0.5) is 4.79 Å². The van der Waals surface area contributed by atoms with Gasteiger partial charge in [-0.1, -0.05) is 0 Å². The number of amides is 1. The lowest BCUT2D eigenvalue weighted by atomic mass is 9.87. The van der Waals surface area contributed by atoms with Crippen LogP contribution in [-0.2, 0) is 23.7 Å². The standard InChI is InChI=1S/C20H35NO6/c1-20(2,3)27-19(23)21-12-6-7-16(21)17(13-24-4)26-15-10-8-14(9-11-15)18(22)25-5/h14-17H,6-13H2,1-5H3/t14-,15+,16-,17?/m0/s1. The summed E-state index contributed by atoms with van der Waals surface area (Å²) in [5, 5.41) is 0. The van der Waals surface area contributed by atoms with Crippen molar-refractivity contribution in [1.82, 2.24) is 4.90 Å². The van der Waals surface area contributed by atoms with Gasteiger partial charge in [0.1, 0.15) is 11.7 Å². The molecule has 1 unspecified atom stereocenters. The van der Waals surface area contributed by atoms with E-state index in [1.165, 1.54) is 7.11 Å². The predicted octanol–water partition coefficient (Wildman–Crippen LogP) is 3.15. The molecule has 1 aliphatic carbocycles. The number of likely N-dealkylation sites (tertiary alicyclic amines) is 1. The quantitative estimate of drug-likeness (QED) is 0.654. The third-order valence-corrected chi connectivity index (χ3v) is 5.26. The summed E-state index contributed by atoms with van der Waals surface area (Å²) in [5.41, 5.74) is -0.520. The average Bonchev–Trinajstić information content (AvgIpc) is 3.09. The van der Waals surface area contributed by atoms with E-state index in [0.29, 0.717) is 13.2 Å². The van der Waals surface area contributed by atoms with Gasteiger partial charge >= 0.3 is 12.1 Å². The summed E-state index contributed by atoms with van der Waals surface area (Å²) in [7, 11) is 3.09. The summed E-state index contributed by atoms with van der Waals surface area (Å²) < 4.78 is 22.2. The summed E-state index contributed by atoms with van der Waals surface area (Å²) in [6.07, 6.45) is 4.60. The maximum Gasteiger partial charge on any atom is 0.410 e. The van der Waals surface area contributed by atoms with Crippen LogP contribution in [0.1, 0.15) is 59.3 Å². The average molecular weight is 386 g/mol. The van der Waals surface area contributed by atoms with E-state index in [4.69, 9.17) is 18.9 Å². The van der Waals surface area contributed by atoms with E-state index in [1.807, 2.05) is 20.8 Å². The van der Waals surface area contributed by atoms with Crippen molar-refractivity contribution in [1.29, 1.82) is 0 Å². The summed E-state index contributed by atoms with van der Waals surface area (Å²) in [6, 6.07) is -0.0434. The van der Waals surface area contributed by atoms with Gasteiger partial charge in [0, 0.05) is 13.7 Å². The van der Waals surface area contributed by atoms with Crippen molar-refractivity contribution in [2.45, 2.75) is 83.1 Å². The molecule has 0 N–H and O–H groups in total. The molecule has 1 aliphatic heterocycles. The zero-order valence-corrected chi connectivity index (χ0v) is 17.4. The van der Waals surface area contributed by atoms with Crippen LogP contribution < -0.4 is 0 Å². The fourth-order valence-electron chi connectivity index (χ4n) is 3.98. The Morgan fingerprint density at radius 3 is 2.30 bits per heavy atom. The highest BCUT2D eigenvalue weighted by Crippen LogP contribution is 2.31. The first-order valence-electron chi connectivity index (χ1n) is 9.97. The minimum atomic E-state index is -0.520. The minimum Gasteiger partial charge on any atom is -0.469 e. The first-order valence-corrected chi connectivity index (χ1v) is 9.97. The topological polar surface area (TPSA) is 74.3 Å². The number of hydrogen-bond donors (Lipinski definition) is 0. The number of methoxy groups -OCH3 is 2. The second-order valence-corrected chi connectivity index (χ2v) is 8.51. The number of hydrogen-bond acceptors (Lipinski definition) is 6. The molecule has 1 amide bonds. The van der Waals surface area contributed by atoms with Gasteiger partial charge in [0.25, 0.3) is 0 Å². The zero-order chi connectivity index (χ0) is 20.0. The third kappa shape index (κ3) is 6.35. The molecule has 156 valence electrons. The molecule has 2 atom stereocenters. The van der Waals surface area contributed by atoms with Gasteiger partial charge in [-0.3, -0.25) is 4.79 Å². The van der Waals surface area contributed by atoms with Gasteiger partial charge in [0.2, 0.25) is 0 Å². The van der Waals surface area contributed by atoms with E-state index in [2.05, 4.69) is 0 Å². The van der Waals surface area contributed by atoms with E-state index in [1.54, 1.807) is 12.0 Å². The van der Waals surface area contributed by atoms with Crippen molar-refractivity contribution in [3.8, 4) is 0 Å². The molecule has 0 aromatic rings. The second kappa shape index (κ2) is 9.73. The van der Waals surface area contributed by atoms with Crippen LogP contribution in [0.2, 0.25) is 0 Å². The molecule has 27 heavy (non-hydrogen) atoms. The molecule has 1 saturated carbocycles. The molecule has 1 saturated heterocycles. The Bertz CT molecular complexity index is 495. The lowest BCUT2D eigenvalue weighted by Gasteiger charge is -2.36. The lowest BCUT2D eigenvalue weighted by Crippen LogP contribution is -2.48. The lowest BCUT2D eigenvalue weighted by molar-refractivity contribution is -0.149. The first kappa shape index (κ1) is 22.0. The molecule has 0 spiro atoms. The molecule has 0 aromatic carbocycles. The number of carbonyl (C=O) groups excluding carboxylic acids is 2. The Kier molecular flexibility index (Phi) is 7.91. The largest absolute Gasteiger partial charge is 0.469 e. The fraction of sp³-hybridized carbons (Fsp3) is 0.900. The smallest absolute Gasteiger partial charge is 0.410 e. The van der Waals surface area contributed by atoms with Crippen molar-refractivity contribution in [3.05, 3.63) is 0 Å². The molecule has 0 bridgehead atoms. The molecule has 0 aromatic heterocycles. The summed E-state index contributed by atoms with van der Waals surface area (Å²) >= 11 is 0. The zero-order valence-electron chi connectivity index (χ0n) is 17.4. The molecule has 7 nitrogen and oxygen atoms in total. The highest BCUT2D eigenvalue weighted by atomic mass is 16.6. The molecular formula is C20H35NO6. The molecule has 0 radical (unpaired) electrons. The van der Waals surface area contributed by atoms with E-state index in [0.717, 1.165) is 38.5 Å². The van der Waals surface area contributed by atoms with Gasteiger partial charge in [-0.05, 0) is 59.3 Å². The summed E-state index contributed by atoms with van der Waals surface area (Å²) in [6.45, 7) is 6.73. The Hall–Kier alpha value is -1.34. The van der Waals surface area contributed by atoms with Gasteiger partial charge in [-0.15, -0.1) is 0 Å². The molecule has 2 aliphatic rings.